The number of carbonyl (C=O) groups is 1. The van der Waals surface area contributed by atoms with Gasteiger partial charge in [0.25, 0.3) is 5.91 Å². The molecule has 0 saturated heterocycles. The van der Waals surface area contributed by atoms with Crippen LogP contribution in [0.2, 0.25) is 5.02 Å². The highest BCUT2D eigenvalue weighted by Gasteiger charge is 2.12. The van der Waals surface area contributed by atoms with Crippen molar-refractivity contribution in [2.45, 2.75) is 18.4 Å². The van der Waals surface area contributed by atoms with Crippen molar-refractivity contribution in [2.75, 3.05) is 13.7 Å². The van der Waals surface area contributed by atoms with Gasteiger partial charge >= 0.3 is 0 Å². The summed E-state index contributed by atoms with van der Waals surface area (Å²) in [6.45, 7) is 1.90. The maximum Gasteiger partial charge on any atom is 0.258 e. The van der Waals surface area contributed by atoms with E-state index < -0.39 is 10.0 Å². The van der Waals surface area contributed by atoms with E-state index in [9.17, 15) is 13.2 Å². The van der Waals surface area contributed by atoms with Gasteiger partial charge in [-0.3, -0.25) is 4.79 Å². The molecule has 0 spiro atoms. The summed E-state index contributed by atoms with van der Waals surface area (Å²) in [5, 5.41) is 3.29. The lowest BCUT2D eigenvalue weighted by Gasteiger charge is -2.10. The molecule has 2 aromatic rings. The standard InChI is InChI=1S/C17H19ClN2O4S/c1-12-8-14(18)6-7-16(12)24-11-17(21)20-10-13-4-3-5-15(9-13)25(22,23)19-2/h3-9,19H,10-11H2,1-2H3,(H,20,21). The number of amides is 1. The van der Waals surface area contributed by atoms with Gasteiger partial charge in [-0.1, -0.05) is 23.7 Å². The Bertz CT molecular complexity index is 869. The molecule has 0 heterocycles. The Morgan fingerprint density at radius 3 is 2.64 bits per heavy atom. The minimum atomic E-state index is -3.51. The molecule has 6 nitrogen and oxygen atoms in total. The Hall–Kier alpha value is -2.09. The monoisotopic (exact) mass is 382 g/mol. The first-order valence-electron chi connectivity index (χ1n) is 7.50. The summed E-state index contributed by atoms with van der Waals surface area (Å²) in [6.07, 6.45) is 0. The Labute approximate surface area is 152 Å². The molecule has 0 fully saturated rings. The van der Waals surface area contributed by atoms with Crippen LogP contribution in [0.1, 0.15) is 11.1 Å². The van der Waals surface area contributed by atoms with Crippen molar-refractivity contribution in [1.82, 2.24) is 10.0 Å². The number of benzene rings is 2. The fraction of sp³-hybridized carbons (Fsp3) is 0.235. The predicted octanol–water partition coefficient (Wildman–Crippen LogP) is 2.25. The summed E-state index contributed by atoms with van der Waals surface area (Å²) >= 11 is 5.87. The summed E-state index contributed by atoms with van der Waals surface area (Å²) in [5.74, 6) is 0.276. The highest BCUT2D eigenvalue weighted by Crippen LogP contribution is 2.21. The highest BCUT2D eigenvalue weighted by atomic mass is 35.5. The van der Waals surface area contributed by atoms with E-state index in [1.165, 1.54) is 19.2 Å². The van der Waals surface area contributed by atoms with Crippen LogP contribution < -0.4 is 14.8 Å². The van der Waals surface area contributed by atoms with E-state index in [0.717, 1.165) is 5.56 Å². The highest BCUT2D eigenvalue weighted by molar-refractivity contribution is 7.89. The van der Waals surface area contributed by atoms with Gasteiger partial charge < -0.3 is 10.1 Å². The molecule has 25 heavy (non-hydrogen) atoms. The van der Waals surface area contributed by atoms with Crippen molar-refractivity contribution in [2.24, 2.45) is 0 Å². The number of carbonyl (C=O) groups excluding carboxylic acids is 1. The van der Waals surface area contributed by atoms with Gasteiger partial charge in [0, 0.05) is 11.6 Å². The van der Waals surface area contributed by atoms with Crippen molar-refractivity contribution < 1.29 is 17.9 Å². The van der Waals surface area contributed by atoms with Gasteiger partial charge in [-0.15, -0.1) is 0 Å². The fourth-order valence-corrected chi connectivity index (χ4v) is 3.14. The zero-order valence-electron chi connectivity index (χ0n) is 13.9. The van der Waals surface area contributed by atoms with Crippen molar-refractivity contribution in [1.29, 1.82) is 0 Å². The van der Waals surface area contributed by atoms with E-state index in [4.69, 9.17) is 16.3 Å². The van der Waals surface area contributed by atoms with E-state index in [0.29, 0.717) is 16.3 Å². The van der Waals surface area contributed by atoms with Crippen LogP contribution in [0.5, 0.6) is 5.75 Å². The number of rotatable bonds is 7. The van der Waals surface area contributed by atoms with Gasteiger partial charge in [0.2, 0.25) is 10.0 Å². The second kappa shape index (κ2) is 8.33. The zero-order valence-corrected chi connectivity index (χ0v) is 15.4. The van der Waals surface area contributed by atoms with Gasteiger partial charge in [0.05, 0.1) is 4.90 Å². The predicted molar refractivity (Wildman–Crippen MR) is 96.2 cm³/mol. The summed E-state index contributed by atoms with van der Waals surface area (Å²) in [4.78, 5) is 12.1. The second-order valence-electron chi connectivity index (χ2n) is 5.33. The molecule has 2 aromatic carbocycles. The number of sulfonamides is 1. The van der Waals surface area contributed by atoms with E-state index in [-0.39, 0.29) is 24.0 Å². The molecule has 0 saturated carbocycles. The van der Waals surface area contributed by atoms with Crippen LogP contribution in [0.4, 0.5) is 0 Å². The van der Waals surface area contributed by atoms with Crippen molar-refractivity contribution in [3.05, 3.63) is 58.6 Å². The van der Waals surface area contributed by atoms with Crippen LogP contribution in [0.15, 0.2) is 47.4 Å². The SMILES string of the molecule is CNS(=O)(=O)c1cccc(CNC(=O)COc2ccc(Cl)cc2C)c1. The molecule has 0 radical (unpaired) electrons. The molecule has 0 unspecified atom stereocenters. The lowest BCUT2D eigenvalue weighted by Crippen LogP contribution is -2.28. The van der Waals surface area contributed by atoms with E-state index in [2.05, 4.69) is 10.0 Å². The molecular weight excluding hydrogens is 364 g/mol. The quantitative estimate of drug-likeness (QED) is 0.769. The van der Waals surface area contributed by atoms with Gasteiger partial charge in [-0.2, -0.15) is 0 Å². The summed E-state index contributed by atoms with van der Waals surface area (Å²) in [5.41, 5.74) is 1.51. The van der Waals surface area contributed by atoms with Crippen LogP contribution in [0.25, 0.3) is 0 Å². The molecule has 134 valence electrons. The molecule has 2 N–H and O–H groups in total. The van der Waals surface area contributed by atoms with Crippen LogP contribution in [0, 0.1) is 6.92 Å². The number of ether oxygens (including phenoxy) is 1. The first-order valence-corrected chi connectivity index (χ1v) is 9.36. The average Bonchev–Trinajstić information content (AvgIpc) is 2.59. The average molecular weight is 383 g/mol. The zero-order chi connectivity index (χ0) is 18.4. The molecule has 0 aromatic heterocycles. The van der Waals surface area contributed by atoms with Gasteiger partial charge in [-0.05, 0) is 55.4 Å². The van der Waals surface area contributed by atoms with Crippen LogP contribution in [-0.2, 0) is 21.4 Å². The summed E-state index contributed by atoms with van der Waals surface area (Å²) in [6, 6.07) is 11.5. The number of hydrogen-bond donors (Lipinski definition) is 2. The third-order valence-corrected chi connectivity index (χ3v) is 5.11. The molecule has 0 aliphatic carbocycles. The number of aryl methyl sites for hydroxylation is 1. The van der Waals surface area contributed by atoms with Crippen LogP contribution in [0.3, 0.4) is 0 Å². The molecule has 1 amide bonds. The Morgan fingerprint density at radius 2 is 1.96 bits per heavy atom. The van der Waals surface area contributed by atoms with Gasteiger partial charge in [0.15, 0.2) is 6.61 Å². The van der Waals surface area contributed by atoms with Crippen molar-refractivity contribution >= 4 is 27.5 Å². The molecular formula is C17H19ClN2O4S. The van der Waals surface area contributed by atoms with Crippen LogP contribution in [-0.4, -0.2) is 28.0 Å². The molecule has 8 heteroatoms. The van der Waals surface area contributed by atoms with Crippen molar-refractivity contribution in [3.63, 3.8) is 0 Å². The Morgan fingerprint density at radius 1 is 1.20 bits per heavy atom. The van der Waals surface area contributed by atoms with E-state index in [1.54, 1.807) is 30.3 Å². The molecule has 0 atom stereocenters. The van der Waals surface area contributed by atoms with Crippen molar-refractivity contribution in [3.8, 4) is 5.75 Å². The number of hydrogen-bond acceptors (Lipinski definition) is 4. The topological polar surface area (TPSA) is 84.5 Å². The first kappa shape index (κ1) is 19.2. The number of halogens is 1. The van der Waals surface area contributed by atoms with Gasteiger partial charge in [0.1, 0.15) is 5.75 Å². The minimum Gasteiger partial charge on any atom is -0.484 e. The summed E-state index contributed by atoms with van der Waals surface area (Å²) < 4.78 is 31.3. The lowest BCUT2D eigenvalue weighted by molar-refractivity contribution is -0.123. The maximum absolute atomic E-state index is 11.9. The van der Waals surface area contributed by atoms with E-state index in [1.807, 2.05) is 6.92 Å². The first-order chi connectivity index (χ1) is 11.8. The third kappa shape index (κ3) is 5.45. The lowest BCUT2D eigenvalue weighted by atomic mass is 10.2. The van der Waals surface area contributed by atoms with Gasteiger partial charge in [-0.25, -0.2) is 13.1 Å². The maximum atomic E-state index is 11.9. The molecule has 0 aliphatic rings. The normalized spacial score (nSPS) is 11.2. The number of nitrogens with one attached hydrogen (secondary N) is 2. The smallest absolute Gasteiger partial charge is 0.258 e. The summed E-state index contributed by atoms with van der Waals surface area (Å²) in [7, 11) is -2.16. The molecule has 0 bridgehead atoms. The fourth-order valence-electron chi connectivity index (χ4n) is 2.11. The second-order valence-corrected chi connectivity index (χ2v) is 7.65. The largest absolute Gasteiger partial charge is 0.484 e. The Kier molecular flexibility index (Phi) is 6.41. The van der Waals surface area contributed by atoms with E-state index >= 15 is 0 Å². The minimum absolute atomic E-state index is 0.142. The third-order valence-electron chi connectivity index (χ3n) is 3.46. The van der Waals surface area contributed by atoms with Crippen LogP contribution >= 0.6 is 11.6 Å². The Balaban J connectivity index is 1.91. The molecule has 2 rings (SSSR count). The molecule has 0 aliphatic heterocycles.